The molecule has 172 valence electrons. The van der Waals surface area contributed by atoms with Crippen LogP contribution in [-0.4, -0.2) is 41.7 Å². The summed E-state index contributed by atoms with van der Waals surface area (Å²) in [4.78, 5) is 14.9. The molecule has 32 heavy (non-hydrogen) atoms. The first-order valence-electron chi connectivity index (χ1n) is 10.8. The predicted octanol–water partition coefficient (Wildman–Crippen LogP) is 4.79. The summed E-state index contributed by atoms with van der Waals surface area (Å²) >= 11 is 0. The number of ether oxygens (including phenoxy) is 4. The number of hydrogen-bond acceptors (Lipinski definition) is 6. The van der Waals surface area contributed by atoms with Crippen LogP contribution in [0.2, 0.25) is 0 Å². The molecule has 3 atom stereocenters. The zero-order chi connectivity index (χ0) is 23.0. The van der Waals surface area contributed by atoms with Crippen molar-refractivity contribution in [3.8, 4) is 11.5 Å². The van der Waals surface area contributed by atoms with E-state index in [-0.39, 0.29) is 18.4 Å². The second-order valence-electron chi connectivity index (χ2n) is 8.29. The molecular weight excluding hydrogens is 410 g/mol. The summed E-state index contributed by atoms with van der Waals surface area (Å²) in [6.45, 7) is 4.37. The molecule has 0 spiro atoms. The highest BCUT2D eigenvalue weighted by molar-refractivity contribution is 5.66. The van der Waals surface area contributed by atoms with Crippen LogP contribution in [0.5, 0.6) is 11.5 Å². The number of benzene rings is 1. The third-order valence-electron chi connectivity index (χ3n) is 5.31. The number of carboxylic acid groups (broad SMARTS) is 1. The Morgan fingerprint density at radius 3 is 2.62 bits per heavy atom. The molecule has 1 aliphatic rings. The smallest absolute Gasteiger partial charge is 0.303 e. The molecule has 3 rings (SSSR count). The highest BCUT2D eigenvalue weighted by atomic mass is 16.7. The van der Waals surface area contributed by atoms with Gasteiger partial charge in [0.15, 0.2) is 11.9 Å². The molecule has 0 bridgehead atoms. The quantitative estimate of drug-likeness (QED) is 0.531. The number of hydrogen-bond donors (Lipinski definition) is 1. The fourth-order valence-corrected chi connectivity index (χ4v) is 3.62. The fraction of sp³-hybridized carbons (Fsp3) is 0.440. The molecular formula is C25H31NO6. The molecule has 2 aromatic rings. The van der Waals surface area contributed by atoms with Crippen molar-refractivity contribution >= 4 is 5.97 Å². The summed E-state index contributed by atoms with van der Waals surface area (Å²) in [5, 5.41) is 8.79. The zero-order valence-corrected chi connectivity index (χ0v) is 18.8. The lowest BCUT2D eigenvalue weighted by Gasteiger charge is -2.42. The summed E-state index contributed by atoms with van der Waals surface area (Å²) in [7, 11) is 1.62. The van der Waals surface area contributed by atoms with Gasteiger partial charge in [-0.2, -0.15) is 0 Å². The number of carbonyl (C=O) groups is 1. The SMILES string of the molecule is COc1ccc(OC(C)(C)[C@@H]2OC[C@H](C/C=C\CCC(=O)O)[C@H](c3cccnc3)O2)cc1. The van der Waals surface area contributed by atoms with Crippen LogP contribution >= 0.6 is 0 Å². The van der Waals surface area contributed by atoms with Crippen molar-refractivity contribution in [1.29, 1.82) is 0 Å². The summed E-state index contributed by atoms with van der Waals surface area (Å²) in [5.41, 5.74) is 0.238. The minimum Gasteiger partial charge on any atom is -0.497 e. The topological polar surface area (TPSA) is 87.1 Å². The summed E-state index contributed by atoms with van der Waals surface area (Å²) in [5.74, 6) is 0.739. The number of allylic oxidation sites excluding steroid dienone is 2. The first kappa shape index (κ1) is 23.8. The maximum Gasteiger partial charge on any atom is 0.303 e. The predicted molar refractivity (Wildman–Crippen MR) is 120 cm³/mol. The van der Waals surface area contributed by atoms with Crippen LogP contribution in [0.25, 0.3) is 0 Å². The number of aliphatic carboxylic acids is 1. The van der Waals surface area contributed by atoms with Gasteiger partial charge in [0, 0.05) is 24.7 Å². The Kier molecular flexibility index (Phi) is 8.25. The molecule has 0 radical (unpaired) electrons. The summed E-state index contributed by atoms with van der Waals surface area (Å²) in [6.07, 6.45) is 7.99. The van der Waals surface area contributed by atoms with Crippen molar-refractivity contribution in [2.45, 2.75) is 51.1 Å². The van der Waals surface area contributed by atoms with Crippen molar-refractivity contribution in [3.63, 3.8) is 0 Å². The van der Waals surface area contributed by atoms with Crippen molar-refractivity contribution in [3.05, 3.63) is 66.5 Å². The van der Waals surface area contributed by atoms with Crippen molar-refractivity contribution < 1.29 is 28.8 Å². The van der Waals surface area contributed by atoms with E-state index in [1.54, 1.807) is 13.3 Å². The van der Waals surface area contributed by atoms with Gasteiger partial charge in [0.25, 0.3) is 0 Å². The van der Waals surface area contributed by atoms with Crippen LogP contribution in [0.15, 0.2) is 60.9 Å². The van der Waals surface area contributed by atoms with Crippen LogP contribution in [0.3, 0.4) is 0 Å². The third kappa shape index (κ3) is 6.55. The van der Waals surface area contributed by atoms with Crippen LogP contribution in [0.4, 0.5) is 0 Å². The number of aromatic nitrogens is 1. The largest absolute Gasteiger partial charge is 0.497 e. The van der Waals surface area contributed by atoms with Crippen LogP contribution < -0.4 is 9.47 Å². The minimum atomic E-state index is -0.797. The Hall–Kier alpha value is -2.90. The Morgan fingerprint density at radius 2 is 1.97 bits per heavy atom. The Labute approximate surface area is 189 Å². The van der Waals surface area contributed by atoms with E-state index >= 15 is 0 Å². The Bertz CT molecular complexity index is 881. The van der Waals surface area contributed by atoms with Gasteiger partial charge in [0.1, 0.15) is 11.5 Å². The third-order valence-corrected chi connectivity index (χ3v) is 5.31. The lowest BCUT2D eigenvalue weighted by Crippen LogP contribution is -2.50. The van der Waals surface area contributed by atoms with Gasteiger partial charge in [0.2, 0.25) is 0 Å². The zero-order valence-electron chi connectivity index (χ0n) is 18.8. The molecule has 1 fully saturated rings. The van der Waals surface area contributed by atoms with Crippen molar-refractivity contribution in [2.75, 3.05) is 13.7 Å². The van der Waals surface area contributed by atoms with Crippen molar-refractivity contribution in [1.82, 2.24) is 4.98 Å². The first-order valence-corrected chi connectivity index (χ1v) is 10.8. The van der Waals surface area contributed by atoms with E-state index in [2.05, 4.69) is 4.98 Å². The number of nitrogens with zero attached hydrogens (tertiary/aromatic N) is 1. The van der Waals surface area contributed by atoms with E-state index in [9.17, 15) is 4.79 Å². The van der Waals surface area contributed by atoms with Gasteiger partial charge in [-0.1, -0.05) is 18.2 Å². The minimum absolute atomic E-state index is 0.0771. The fourth-order valence-electron chi connectivity index (χ4n) is 3.62. The van der Waals surface area contributed by atoms with Gasteiger partial charge in [-0.3, -0.25) is 9.78 Å². The molecule has 2 heterocycles. The van der Waals surface area contributed by atoms with Crippen molar-refractivity contribution in [2.24, 2.45) is 5.92 Å². The highest BCUT2D eigenvalue weighted by Gasteiger charge is 2.42. The van der Waals surface area contributed by atoms with Gasteiger partial charge in [0.05, 0.1) is 19.8 Å². The monoisotopic (exact) mass is 441 g/mol. The maximum atomic E-state index is 10.7. The molecule has 0 aliphatic carbocycles. The van der Waals surface area contributed by atoms with E-state index < -0.39 is 17.9 Å². The van der Waals surface area contributed by atoms with E-state index in [0.29, 0.717) is 25.2 Å². The normalized spacial score (nSPS) is 21.4. The molecule has 0 saturated carbocycles. The second kappa shape index (κ2) is 11.1. The number of rotatable bonds is 10. The van der Waals surface area contributed by atoms with Crippen LogP contribution in [-0.2, 0) is 14.3 Å². The Morgan fingerprint density at radius 1 is 1.22 bits per heavy atom. The van der Waals surface area contributed by atoms with Gasteiger partial charge in [-0.25, -0.2) is 0 Å². The van der Waals surface area contributed by atoms with E-state index in [0.717, 1.165) is 11.3 Å². The molecule has 7 heteroatoms. The molecule has 0 amide bonds. The summed E-state index contributed by atoms with van der Waals surface area (Å²) in [6, 6.07) is 11.3. The molecule has 1 aromatic heterocycles. The molecule has 7 nitrogen and oxygen atoms in total. The van der Waals surface area contributed by atoms with Gasteiger partial charge >= 0.3 is 5.97 Å². The average Bonchev–Trinajstić information content (AvgIpc) is 2.79. The lowest BCUT2D eigenvalue weighted by molar-refractivity contribution is -0.288. The van der Waals surface area contributed by atoms with Gasteiger partial charge in [-0.05, 0) is 62.6 Å². The van der Waals surface area contributed by atoms with Gasteiger partial charge < -0.3 is 24.1 Å². The van der Waals surface area contributed by atoms with E-state index in [4.69, 9.17) is 24.1 Å². The molecule has 1 aromatic carbocycles. The van der Waals surface area contributed by atoms with Crippen LogP contribution in [0, 0.1) is 5.92 Å². The standard InChI is InChI=1S/C25H31NO6/c1-25(2,32-21-13-11-20(29-3)12-14-21)24-30-17-19(8-5-4-6-10-22(27)28)23(31-24)18-9-7-15-26-16-18/h4-5,7,9,11-16,19,23-24H,6,8,10,17H2,1-3H3,(H,27,28)/b5-4-/t19-,23-,24+/m0/s1. The van der Waals surface area contributed by atoms with E-state index in [1.165, 1.54) is 0 Å². The highest BCUT2D eigenvalue weighted by Crippen LogP contribution is 2.38. The molecule has 1 aliphatic heterocycles. The number of carboxylic acids is 1. The first-order chi connectivity index (χ1) is 15.4. The van der Waals surface area contributed by atoms with Gasteiger partial charge in [-0.15, -0.1) is 0 Å². The van der Waals surface area contributed by atoms with E-state index in [1.807, 2.05) is 68.6 Å². The maximum absolute atomic E-state index is 10.7. The van der Waals surface area contributed by atoms with Crippen LogP contribution in [0.1, 0.15) is 44.8 Å². The molecule has 0 unspecified atom stereocenters. The molecule has 1 saturated heterocycles. The Balaban J connectivity index is 1.69. The second-order valence-corrected chi connectivity index (χ2v) is 8.29. The summed E-state index contributed by atoms with van der Waals surface area (Å²) < 4.78 is 23.9. The number of methoxy groups -OCH3 is 1. The average molecular weight is 442 g/mol. The molecule has 1 N–H and O–H groups in total. The lowest BCUT2D eigenvalue weighted by atomic mass is 9.92. The number of pyridine rings is 1.